The summed E-state index contributed by atoms with van der Waals surface area (Å²) in [5.41, 5.74) is 0.437. The van der Waals surface area contributed by atoms with Gasteiger partial charge in [0.1, 0.15) is 6.10 Å². The summed E-state index contributed by atoms with van der Waals surface area (Å²) < 4.78 is 5.35. The molecule has 6 N–H and O–H groups in total. The van der Waals surface area contributed by atoms with E-state index < -0.39 is 36.5 Å². The van der Waals surface area contributed by atoms with E-state index in [9.17, 15) is 20.4 Å². The molecule has 0 amide bonds. The Hall–Kier alpha value is -0.540. The number of hydrogen-bond acceptors (Lipinski definition) is 7. The van der Waals surface area contributed by atoms with Gasteiger partial charge in [-0.1, -0.05) is 6.08 Å². The van der Waals surface area contributed by atoms with Gasteiger partial charge in [-0.2, -0.15) is 0 Å². The molecule has 2 aliphatic rings. The molecule has 7 atom stereocenters. The molecule has 0 aromatic heterocycles. The van der Waals surface area contributed by atoms with E-state index in [-0.39, 0.29) is 25.7 Å². The first kappa shape index (κ1) is 15.8. The van der Waals surface area contributed by atoms with Crippen molar-refractivity contribution in [2.24, 2.45) is 0 Å². The molecule has 0 aromatic carbocycles. The summed E-state index contributed by atoms with van der Waals surface area (Å²) in [6, 6.07) is -1.05. The number of hydrogen-bond donors (Lipinski definition) is 6. The summed E-state index contributed by atoms with van der Waals surface area (Å²) in [4.78, 5) is 0. The van der Waals surface area contributed by atoms with Crippen molar-refractivity contribution in [3.8, 4) is 0 Å². The van der Waals surface area contributed by atoms with Crippen molar-refractivity contribution in [2.45, 2.75) is 55.9 Å². The predicted octanol–water partition coefficient (Wildman–Crippen LogP) is -2.50. The van der Waals surface area contributed by atoms with Crippen molar-refractivity contribution in [1.82, 2.24) is 5.32 Å². The molecule has 1 fully saturated rings. The Morgan fingerprint density at radius 1 is 1.25 bits per heavy atom. The normalized spacial score (nSPS) is 46.1. The molecule has 1 heterocycles. The van der Waals surface area contributed by atoms with Crippen LogP contribution in [-0.2, 0) is 4.74 Å². The van der Waals surface area contributed by atoms with Crippen LogP contribution in [0.1, 0.15) is 13.3 Å². The first-order valence-electron chi connectivity index (χ1n) is 6.85. The fourth-order valence-corrected chi connectivity index (χ4v) is 2.72. The van der Waals surface area contributed by atoms with Crippen molar-refractivity contribution < 1.29 is 30.3 Å². The van der Waals surface area contributed by atoms with Gasteiger partial charge in [-0.05, 0) is 12.5 Å². The van der Waals surface area contributed by atoms with Crippen molar-refractivity contribution in [2.75, 3.05) is 13.2 Å². The minimum atomic E-state index is -0.997. The third-order valence-electron chi connectivity index (χ3n) is 4.07. The molecule has 0 saturated carbocycles. The Balaban J connectivity index is 2.09. The summed E-state index contributed by atoms with van der Waals surface area (Å²) in [5.74, 6) is 0. The number of rotatable bonds is 3. The van der Waals surface area contributed by atoms with Crippen LogP contribution in [0, 0.1) is 0 Å². The molecule has 7 unspecified atom stereocenters. The number of ether oxygens (including phenoxy) is 1. The maximum Gasteiger partial charge on any atom is 0.105 e. The second-order valence-corrected chi connectivity index (χ2v) is 5.53. The van der Waals surface area contributed by atoms with Gasteiger partial charge in [0, 0.05) is 6.42 Å². The summed E-state index contributed by atoms with van der Waals surface area (Å²) in [5, 5.41) is 51.5. The lowest BCUT2D eigenvalue weighted by atomic mass is 9.89. The summed E-state index contributed by atoms with van der Waals surface area (Å²) in [7, 11) is 0. The Bertz CT molecular complexity index is 363. The van der Waals surface area contributed by atoms with Crippen molar-refractivity contribution in [3.05, 3.63) is 11.6 Å². The molecule has 1 aliphatic carbocycles. The highest BCUT2D eigenvalue weighted by Gasteiger charge is 2.39. The maximum atomic E-state index is 10.0. The largest absolute Gasteiger partial charge is 0.392 e. The number of aliphatic hydroxyl groups excluding tert-OH is 5. The Morgan fingerprint density at radius 2 is 1.95 bits per heavy atom. The summed E-state index contributed by atoms with van der Waals surface area (Å²) in [6.45, 7) is 1.56. The van der Waals surface area contributed by atoms with E-state index in [1.165, 1.54) is 0 Å². The van der Waals surface area contributed by atoms with E-state index in [4.69, 9.17) is 9.84 Å². The smallest absolute Gasteiger partial charge is 0.105 e. The number of aliphatic hydroxyl groups is 5. The van der Waals surface area contributed by atoms with E-state index in [0.717, 1.165) is 0 Å². The van der Waals surface area contributed by atoms with Gasteiger partial charge in [0.2, 0.25) is 0 Å². The highest BCUT2D eigenvalue weighted by molar-refractivity contribution is 5.19. The molecule has 7 nitrogen and oxygen atoms in total. The van der Waals surface area contributed by atoms with Gasteiger partial charge in [-0.3, -0.25) is 0 Å². The second-order valence-electron chi connectivity index (χ2n) is 5.53. The van der Waals surface area contributed by atoms with Crippen LogP contribution in [0.3, 0.4) is 0 Å². The fourth-order valence-electron chi connectivity index (χ4n) is 2.72. The standard InChI is InChI=1S/C13H23NO6/c1-6-12(13(19)11(18)5-20-6)14-8-2-7(4-15)9(16)3-10(8)17/h2,6,8-19H,3-5H2,1H3. The lowest BCUT2D eigenvalue weighted by molar-refractivity contribution is -0.138. The first-order valence-corrected chi connectivity index (χ1v) is 6.85. The van der Waals surface area contributed by atoms with Gasteiger partial charge in [-0.25, -0.2) is 0 Å². The third kappa shape index (κ3) is 3.20. The Morgan fingerprint density at radius 3 is 2.60 bits per heavy atom. The second kappa shape index (κ2) is 6.48. The summed E-state index contributed by atoms with van der Waals surface area (Å²) >= 11 is 0. The molecule has 1 saturated heterocycles. The fraction of sp³-hybridized carbons (Fsp3) is 0.846. The van der Waals surface area contributed by atoms with Crippen LogP contribution in [0.4, 0.5) is 0 Å². The molecule has 0 aromatic rings. The van der Waals surface area contributed by atoms with Crippen LogP contribution in [-0.4, -0.2) is 81.3 Å². The van der Waals surface area contributed by atoms with Crippen molar-refractivity contribution in [3.63, 3.8) is 0 Å². The van der Waals surface area contributed by atoms with Gasteiger partial charge in [-0.15, -0.1) is 0 Å². The first-order chi connectivity index (χ1) is 9.43. The van der Waals surface area contributed by atoms with Gasteiger partial charge in [0.25, 0.3) is 0 Å². The molecular weight excluding hydrogens is 266 g/mol. The van der Waals surface area contributed by atoms with Crippen LogP contribution in [0.5, 0.6) is 0 Å². The average molecular weight is 289 g/mol. The molecule has 2 rings (SSSR count). The van der Waals surface area contributed by atoms with Crippen LogP contribution in [0.15, 0.2) is 11.6 Å². The van der Waals surface area contributed by atoms with Gasteiger partial charge < -0.3 is 35.6 Å². The molecule has 7 heteroatoms. The highest BCUT2D eigenvalue weighted by Crippen LogP contribution is 2.22. The zero-order chi connectivity index (χ0) is 14.9. The van der Waals surface area contributed by atoms with E-state index in [1.54, 1.807) is 13.0 Å². The molecule has 20 heavy (non-hydrogen) atoms. The van der Waals surface area contributed by atoms with Crippen molar-refractivity contribution in [1.29, 1.82) is 0 Å². The quantitative estimate of drug-likeness (QED) is 0.317. The van der Waals surface area contributed by atoms with E-state index in [0.29, 0.717) is 5.57 Å². The third-order valence-corrected chi connectivity index (χ3v) is 4.07. The molecule has 1 aliphatic heterocycles. The zero-order valence-electron chi connectivity index (χ0n) is 11.4. The summed E-state index contributed by atoms with van der Waals surface area (Å²) in [6.07, 6.45) is -2.30. The molecule has 0 spiro atoms. The average Bonchev–Trinajstić information content (AvgIpc) is 2.41. The van der Waals surface area contributed by atoms with E-state index >= 15 is 0 Å². The molecular formula is C13H23NO6. The van der Waals surface area contributed by atoms with Crippen LogP contribution in [0.25, 0.3) is 0 Å². The minimum Gasteiger partial charge on any atom is -0.392 e. The van der Waals surface area contributed by atoms with Gasteiger partial charge >= 0.3 is 0 Å². The van der Waals surface area contributed by atoms with Crippen LogP contribution >= 0.6 is 0 Å². The monoisotopic (exact) mass is 289 g/mol. The maximum absolute atomic E-state index is 10.0. The zero-order valence-corrected chi connectivity index (χ0v) is 11.4. The van der Waals surface area contributed by atoms with Gasteiger partial charge in [0.15, 0.2) is 0 Å². The van der Waals surface area contributed by atoms with Crippen LogP contribution in [0.2, 0.25) is 0 Å². The van der Waals surface area contributed by atoms with Crippen molar-refractivity contribution >= 4 is 0 Å². The lowest BCUT2D eigenvalue weighted by Crippen LogP contribution is -2.62. The Kier molecular flexibility index (Phi) is 5.14. The molecule has 0 radical (unpaired) electrons. The number of nitrogens with one attached hydrogen (secondary N) is 1. The topological polar surface area (TPSA) is 122 Å². The van der Waals surface area contributed by atoms with E-state index in [2.05, 4.69) is 5.32 Å². The molecule has 0 bridgehead atoms. The van der Waals surface area contributed by atoms with Crippen LogP contribution < -0.4 is 5.32 Å². The van der Waals surface area contributed by atoms with E-state index in [1.807, 2.05) is 0 Å². The SMILES string of the molecule is CC1OCC(O)C(O)C1NC1C=C(CO)C(O)CC1O. The minimum absolute atomic E-state index is 0.0736. The predicted molar refractivity (Wildman–Crippen MR) is 69.9 cm³/mol. The highest BCUT2D eigenvalue weighted by atomic mass is 16.5. The van der Waals surface area contributed by atoms with Gasteiger partial charge in [0.05, 0.1) is 49.7 Å². The lowest BCUT2D eigenvalue weighted by Gasteiger charge is -2.41. The Labute approximate surface area is 117 Å². The molecule has 116 valence electrons.